The largest absolute Gasteiger partial charge is 0.507 e. The van der Waals surface area contributed by atoms with Gasteiger partial charge in [-0.3, -0.25) is 0 Å². The number of H-pyrrole nitrogens is 1. The summed E-state index contributed by atoms with van der Waals surface area (Å²) in [6.45, 7) is 5.47. The number of aromatic nitrogens is 5. The minimum absolute atomic E-state index is 0.0912. The van der Waals surface area contributed by atoms with Gasteiger partial charge in [-0.1, -0.05) is 31.4 Å². The fourth-order valence-electron chi connectivity index (χ4n) is 7.15. The SMILES string of the molecule is C[C@H]1c2c([nH]c3nnc(-c4ccccc4O)cc23)CCN1c1ncc(C2CCN(C3CCCCC3)CC2)cn1. The smallest absolute Gasteiger partial charge is 0.225 e. The second-order valence-corrected chi connectivity index (χ2v) is 11.6. The summed E-state index contributed by atoms with van der Waals surface area (Å²) >= 11 is 0. The molecule has 202 valence electrons. The quantitative estimate of drug-likeness (QED) is 0.351. The van der Waals surface area contributed by atoms with Gasteiger partial charge < -0.3 is 19.9 Å². The molecular formula is C31H37N7O. The topological polar surface area (TPSA) is 94.1 Å². The van der Waals surface area contributed by atoms with Crippen molar-refractivity contribution in [2.24, 2.45) is 0 Å². The lowest BCUT2D eigenvalue weighted by molar-refractivity contribution is 0.122. The number of phenols is 1. The first kappa shape index (κ1) is 24.5. The van der Waals surface area contributed by atoms with E-state index in [9.17, 15) is 5.11 Å². The molecule has 2 aliphatic heterocycles. The van der Waals surface area contributed by atoms with Crippen molar-refractivity contribution in [1.82, 2.24) is 30.0 Å². The Hall–Kier alpha value is -3.52. The molecule has 1 saturated heterocycles. The molecule has 7 rings (SSSR count). The van der Waals surface area contributed by atoms with Crippen molar-refractivity contribution >= 4 is 17.0 Å². The number of benzene rings is 1. The lowest BCUT2D eigenvalue weighted by atomic mass is 9.88. The number of aromatic amines is 1. The molecule has 5 heterocycles. The van der Waals surface area contributed by atoms with Crippen molar-refractivity contribution < 1.29 is 5.11 Å². The minimum atomic E-state index is 0.0912. The van der Waals surface area contributed by atoms with E-state index < -0.39 is 0 Å². The van der Waals surface area contributed by atoms with E-state index in [0.717, 1.165) is 36.0 Å². The Labute approximate surface area is 229 Å². The Morgan fingerprint density at radius 3 is 2.46 bits per heavy atom. The van der Waals surface area contributed by atoms with Gasteiger partial charge >= 0.3 is 0 Å². The van der Waals surface area contributed by atoms with E-state index in [0.29, 0.717) is 17.2 Å². The molecule has 0 amide bonds. The van der Waals surface area contributed by atoms with Crippen LogP contribution in [0.2, 0.25) is 0 Å². The number of phenolic OH excluding ortho intramolecular Hbond substituents is 1. The van der Waals surface area contributed by atoms with Gasteiger partial charge in [0.1, 0.15) is 5.75 Å². The van der Waals surface area contributed by atoms with Crippen molar-refractivity contribution in [2.45, 2.75) is 76.3 Å². The van der Waals surface area contributed by atoms with Gasteiger partial charge in [0.2, 0.25) is 5.95 Å². The zero-order valence-electron chi connectivity index (χ0n) is 22.7. The number of anilines is 1. The van der Waals surface area contributed by atoms with Gasteiger partial charge in [-0.2, -0.15) is 0 Å². The normalized spacial score (nSPS) is 21.4. The minimum Gasteiger partial charge on any atom is -0.507 e. The number of para-hydroxylation sites is 1. The van der Waals surface area contributed by atoms with E-state index in [-0.39, 0.29) is 11.8 Å². The van der Waals surface area contributed by atoms with Gasteiger partial charge in [-0.05, 0) is 75.4 Å². The van der Waals surface area contributed by atoms with Crippen molar-refractivity contribution in [1.29, 1.82) is 0 Å². The highest BCUT2D eigenvalue weighted by atomic mass is 16.3. The number of rotatable bonds is 4. The van der Waals surface area contributed by atoms with E-state index >= 15 is 0 Å². The fraction of sp³-hybridized carbons (Fsp3) is 0.484. The maximum Gasteiger partial charge on any atom is 0.225 e. The van der Waals surface area contributed by atoms with Gasteiger partial charge in [0.05, 0.1) is 11.7 Å². The Morgan fingerprint density at radius 1 is 0.923 bits per heavy atom. The maximum absolute atomic E-state index is 10.4. The molecule has 1 aromatic carbocycles. The molecule has 1 aliphatic carbocycles. The number of nitrogens with one attached hydrogen (secondary N) is 1. The molecule has 3 aliphatic rings. The summed E-state index contributed by atoms with van der Waals surface area (Å²) in [5.41, 5.74) is 5.82. The van der Waals surface area contributed by atoms with E-state index in [4.69, 9.17) is 9.97 Å². The summed E-state index contributed by atoms with van der Waals surface area (Å²) in [5, 5.41) is 20.2. The van der Waals surface area contributed by atoms with Crippen LogP contribution in [0, 0.1) is 0 Å². The van der Waals surface area contributed by atoms with Crippen molar-refractivity contribution in [3.63, 3.8) is 0 Å². The first-order chi connectivity index (χ1) is 19.2. The van der Waals surface area contributed by atoms with Crippen LogP contribution in [0.4, 0.5) is 5.95 Å². The number of likely N-dealkylation sites (tertiary alicyclic amines) is 1. The number of piperidine rings is 1. The van der Waals surface area contributed by atoms with Crippen LogP contribution < -0.4 is 4.90 Å². The summed E-state index contributed by atoms with van der Waals surface area (Å²) in [6, 6.07) is 10.2. The highest BCUT2D eigenvalue weighted by Gasteiger charge is 2.31. The van der Waals surface area contributed by atoms with Crippen molar-refractivity contribution in [3.05, 3.63) is 59.5 Å². The summed E-state index contributed by atoms with van der Waals surface area (Å²) in [5.74, 6) is 1.55. The lowest BCUT2D eigenvalue weighted by Gasteiger charge is -2.39. The van der Waals surface area contributed by atoms with Gasteiger partial charge in [0.25, 0.3) is 0 Å². The molecule has 2 N–H and O–H groups in total. The standard InChI is InChI=1S/C31H37N7O/c1-20-29-25-17-27(24-9-5-6-10-28(24)39)35-36-30(25)34-26(29)13-16-38(20)31-32-18-22(19-33-31)21-11-14-37(15-12-21)23-7-3-2-4-8-23/h5-6,9-10,17-21,23,39H,2-4,7-8,11-16H2,1H3,(H,34,36)/t20-/m0/s1. The third-order valence-corrected chi connectivity index (χ3v) is 9.35. The molecule has 0 spiro atoms. The molecule has 8 nitrogen and oxygen atoms in total. The molecule has 8 heteroatoms. The maximum atomic E-state index is 10.4. The zero-order chi connectivity index (χ0) is 26.3. The molecule has 2 fully saturated rings. The molecule has 3 aromatic heterocycles. The number of hydrogen-bond acceptors (Lipinski definition) is 7. The van der Waals surface area contributed by atoms with E-state index in [1.807, 2.05) is 24.3 Å². The monoisotopic (exact) mass is 523 g/mol. The fourth-order valence-corrected chi connectivity index (χ4v) is 7.15. The summed E-state index contributed by atoms with van der Waals surface area (Å²) in [6.07, 6.45) is 14.4. The molecule has 0 unspecified atom stereocenters. The molecule has 0 bridgehead atoms. The Balaban J connectivity index is 1.09. The molecular weight excluding hydrogens is 486 g/mol. The Bertz CT molecular complexity index is 1450. The van der Waals surface area contributed by atoms with Crippen LogP contribution in [-0.2, 0) is 6.42 Å². The molecule has 4 aromatic rings. The predicted octanol–water partition coefficient (Wildman–Crippen LogP) is 5.76. The van der Waals surface area contributed by atoms with Gasteiger partial charge in [-0.15, -0.1) is 10.2 Å². The molecule has 39 heavy (non-hydrogen) atoms. The van der Waals surface area contributed by atoms with E-state index in [1.165, 1.54) is 74.9 Å². The van der Waals surface area contributed by atoms with Crippen LogP contribution in [0.25, 0.3) is 22.3 Å². The Kier molecular flexibility index (Phi) is 6.43. The first-order valence-electron chi connectivity index (χ1n) is 14.6. The van der Waals surface area contributed by atoms with Crippen LogP contribution >= 0.6 is 0 Å². The first-order valence-corrected chi connectivity index (χ1v) is 14.6. The van der Waals surface area contributed by atoms with Gasteiger partial charge in [0, 0.05) is 53.6 Å². The highest BCUT2D eigenvalue weighted by molar-refractivity contribution is 5.86. The summed E-state index contributed by atoms with van der Waals surface area (Å²) in [7, 11) is 0. The number of aromatic hydroxyl groups is 1. The zero-order valence-corrected chi connectivity index (χ0v) is 22.7. The summed E-state index contributed by atoms with van der Waals surface area (Å²) < 4.78 is 0. The number of fused-ring (bicyclic) bond motifs is 3. The second kappa shape index (κ2) is 10.2. The third kappa shape index (κ3) is 4.54. The van der Waals surface area contributed by atoms with Crippen LogP contribution in [-0.4, -0.2) is 60.8 Å². The summed E-state index contributed by atoms with van der Waals surface area (Å²) in [4.78, 5) is 18.3. The predicted molar refractivity (Wildman–Crippen MR) is 153 cm³/mol. The third-order valence-electron chi connectivity index (χ3n) is 9.35. The lowest BCUT2D eigenvalue weighted by Crippen LogP contribution is -2.42. The highest BCUT2D eigenvalue weighted by Crippen LogP contribution is 2.39. The molecule has 1 atom stereocenters. The Morgan fingerprint density at radius 2 is 1.69 bits per heavy atom. The van der Waals surface area contributed by atoms with Crippen LogP contribution in [0.3, 0.4) is 0 Å². The van der Waals surface area contributed by atoms with Crippen LogP contribution in [0.15, 0.2) is 42.7 Å². The average molecular weight is 524 g/mol. The second-order valence-electron chi connectivity index (χ2n) is 11.6. The van der Waals surface area contributed by atoms with Crippen LogP contribution in [0.1, 0.15) is 80.7 Å². The van der Waals surface area contributed by atoms with Crippen molar-refractivity contribution in [3.8, 4) is 17.0 Å². The van der Waals surface area contributed by atoms with E-state index in [2.05, 4.69) is 44.3 Å². The molecule has 1 saturated carbocycles. The number of hydrogen-bond donors (Lipinski definition) is 2. The van der Waals surface area contributed by atoms with Gasteiger partial charge in [0.15, 0.2) is 5.65 Å². The van der Waals surface area contributed by atoms with E-state index in [1.54, 1.807) is 6.07 Å². The average Bonchev–Trinajstić information content (AvgIpc) is 3.37. The number of nitrogens with zero attached hydrogens (tertiary/aromatic N) is 6. The van der Waals surface area contributed by atoms with Gasteiger partial charge in [-0.25, -0.2) is 9.97 Å². The molecule has 0 radical (unpaired) electrons. The van der Waals surface area contributed by atoms with Crippen molar-refractivity contribution in [2.75, 3.05) is 24.5 Å². The van der Waals surface area contributed by atoms with Crippen LogP contribution in [0.5, 0.6) is 5.75 Å².